The van der Waals surface area contributed by atoms with Gasteiger partial charge in [0, 0.05) is 5.57 Å². The number of amides is 1. The molecule has 0 radical (unpaired) electrons. The highest BCUT2D eigenvalue weighted by Gasteiger charge is 2.15. The van der Waals surface area contributed by atoms with Gasteiger partial charge in [0.1, 0.15) is 0 Å². The van der Waals surface area contributed by atoms with E-state index in [9.17, 15) is 9.59 Å². The van der Waals surface area contributed by atoms with E-state index < -0.39 is 17.8 Å². The first-order valence-corrected chi connectivity index (χ1v) is 3.66. The maximum atomic E-state index is 10.6. The Labute approximate surface area is 71.1 Å². The summed E-state index contributed by atoms with van der Waals surface area (Å²) in [4.78, 5) is 21.0. The quantitative estimate of drug-likeness (QED) is 0.605. The highest BCUT2D eigenvalue weighted by molar-refractivity contribution is 5.92. The number of allylic oxidation sites excluding steroid dienone is 1. The Hall–Kier alpha value is -1.32. The zero-order chi connectivity index (χ0) is 9.72. The van der Waals surface area contributed by atoms with Crippen LogP contribution in [0.2, 0.25) is 0 Å². The summed E-state index contributed by atoms with van der Waals surface area (Å²) in [5.74, 6) is -2.04. The number of carbonyl (C=O) groups excluding carboxylic acids is 1. The maximum Gasteiger partial charge on any atom is 0.306 e. The van der Waals surface area contributed by atoms with Crippen molar-refractivity contribution in [1.82, 2.24) is 0 Å². The predicted molar refractivity (Wildman–Crippen MR) is 44.4 cm³/mol. The molecular formula is C8H13NO3. The van der Waals surface area contributed by atoms with Gasteiger partial charge in [-0.1, -0.05) is 13.0 Å². The molecule has 0 aliphatic rings. The van der Waals surface area contributed by atoms with Gasteiger partial charge in [-0.15, -0.1) is 0 Å². The minimum atomic E-state index is -0.921. The molecule has 0 rings (SSSR count). The molecule has 0 aromatic heterocycles. The molecule has 0 spiro atoms. The third-order valence-electron chi connectivity index (χ3n) is 1.61. The minimum absolute atomic E-state index is 0.196. The molecule has 4 nitrogen and oxygen atoms in total. The average Bonchev–Trinajstić information content (AvgIpc) is 1.98. The second-order valence-corrected chi connectivity index (χ2v) is 2.62. The van der Waals surface area contributed by atoms with E-state index in [0.717, 1.165) is 0 Å². The summed E-state index contributed by atoms with van der Waals surface area (Å²) in [5.41, 5.74) is 5.36. The molecule has 0 aliphatic carbocycles. The number of carboxylic acids is 1. The average molecular weight is 171 g/mol. The molecule has 0 saturated heterocycles. The molecule has 0 aromatic carbocycles. The highest BCUT2D eigenvalue weighted by Crippen LogP contribution is 2.10. The standard InChI is InChI=1S/C8H13NO3/c1-3-6(7(9)10)4-5(2)8(11)12/h3,5H,4H2,1-2H3,(H2,9,10)(H,11,12). The third kappa shape index (κ3) is 3.18. The van der Waals surface area contributed by atoms with E-state index in [2.05, 4.69) is 0 Å². The van der Waals surface area contributed by atoms with Gasteiger partial charge in [-0.05, 0) is 13.3 Å². The van der Waals surface area contributed by atoms with Gasteiger partial charge in [0.05, 0.1) is 5.92 Å². The van der Waals surface area contributed by atoms with Crippen molar-refractivity contribution in [3.8, 4) is 0 Å². The first kappa shape index (κ1) is 10.7. The predicted octanol–water partition coefficient (Wildman–Crippen LogP) is 0.529. The van der Waals surface area contributed by atoms with Crippen LogP contribution in [0.5, 0.6) is 0 Å². The van der Waals surface area contributed by atoms with Gasteiger partial charge in [0.25, 0.3) is 0 Å². The fourth-order valence-electron chi connectivity index (χ4n) is 0.778. The van der Waals surface area contributed by atoms with Crippen LogP contribution in [0.25, 0.3) is 0 Å². The van der Waals surface area contributed by atoms with Crippen molar-refractivity contribution in [2.75, 3.05) is 0 Å². The van der Waals surface area contributed by atoms with Gasteiger partial charge in [0.2, 0.25) is 5.91 Å². The zero-order valence-corrected chi connectivity index (χ0v) is 7.20. The third-order valence-corrected chi connectivity index (χ3v) is 1.61. The molecule has 3 N–H and O–H groups in total. The Kier molecular flexibility index (Phi) is 4.04. The Morgan fingerprint density at radius 1 is 1.58 bits per heavy atom. The topological polar surface area (TPSA) is 80.4 Å². The number of carboxylic acid groups (broad SMARTS) is 1. The van der Waals surface area contributed by atoms with Crippen LogP contribution in [0.15, 0.2) is 11.6 Å². The number of nitrogens with two attached hydrogens (primary N) is 1. The van der Waals surface area contributed by atoms with E-state index in [1.54, 1.807) is 13.0 Å². The molecule has 0 fully saturated rings. The summed E-state index contributed by atoms with van der Waals surface area (Å²) in [6.07, 6.45) is 1.74. The molecule has 0 aliphatic heterocycles. The largest absolute Gasteiger partial charge is 0.481 e. The number of rotatable bonds is 4. The molecule has 0 heterocycles. The van der Waals surface area contributed by atoms with Crippen molar-refractivity contribution in [2.24, 2.45) is 11.7 Å². The highest BCUT2D eigenvalue weighted by atomic mass is 16.4. The SMILES string of the molecule is CC=C(CC(C)C(=O)O)C(N)=O. The van der Waals surface area contributed by atoms with Crippen molar-refractivity contribution in [2.45, 2.75) is 20.3 Å². The summed E-state index contributed by atoms with van der Waals surface area (Å²) in [7, 11) is 0. The van der Waals surface area contributed by atoms with Crippen LogP contribution in [-0.4, -0.2) is 17.0 Å². The van der Waals surface area contributed by atoms with Crippen molar-refractivity contribution < 1.29 is 14.7 Å². The molecule has 0 aromatic rings. The normalized spacial score (nSPS) is 14.0. The van der Waals surface area contributed by atoms with Crippen molar-refractivity contribution >= 4 is 11.9 Å². The maximum absolute atomic E-state index is 10.6. The van der Waals surface area contributed by atoms with E-state index in [1.807, 2.05) is 0 Å². The summed E-state index contributed by atoms with van der Waals surface area (Å²) in [5, 5.41) is 8.53. The molecule has 68 valence electrons. The zero-order valence-electron chi connectivity index (χ0n) is 7.20. The molecule has 12 heavy (non-hydrogen) atoms. The van der Waals surface area contributed by atoms with Crippen LogP contribution in [0.4, 0.5) is 0 Å². The minimum Gasteiger partial charge on any atom is -0.481 e. The van der Waals surface area contributed by atoms with E-state index in [-0.39, 0.29) is 6.42 Å². The smallest absolute Gasteiger partial charge is 0.306 e. The fraction of sp³-hybridized carbons (Fsp3) is 0.500. The lowest BCUT2D eigenvalue weighted by atomic mass is 10.0. The Bertz CT molecular complexity index is 220. The second-order valence-electron chi connectivity index (χ2n) is 2.62. The second kappa shape index (κ2) is 4.54. The van der Waals surface area contributed by atoms with Crippen molar-refractivity contribution in [3.05, 3.63) is 11.6 Å². The van der Waals surface area contributed by atoms with Crippen LogP contribution < -0.4 is 5.73 Å². The molecule has 1 unspecified atom stereocenters. The van der Waals surface area contributed by atoms with Crippen LogP contribution in [0.1, 0.15) is 20.3 Å². The molecule has 1 amide bonds. The summed E-state index contributed by atoms with van der Waals surface area (Å²) in [6, 6.07) is 0. The lowest BCUT2D eigenvalue weighted by molar-refractivity contribution is -0.141. The first-order valence-electron chi connectivity index (χ1n) is 3.66. The number of hydrogen-bond acceptors (Lipinski definition) is 2. The molecule has 0 saturated carbocycles. The van der Waals surface area contributed by atoms with Gasteiger partial charge < -0.3 is 10.8 Å². The van der Waals surface area contributed by atoms with Gasteiger partial charge in [-0.2, -0.15) is 0 Å². The Morgan fingerprint density at radius 3 is 2.33 bits per heavy atom. The Balaban J connectivity index is 4.23. The first-order chi connectivity index (χ1) is 5.49. The van der Waals surface area contributed by atoms with Gasteiger partial charge in [-0.3, -0.25) is 9.59 Å². The number of primary amides is 1. The monoisotopic (exact) mass is 171 g/mol. The molecule has 4 heteroatoms. The van der Waals surface area contributed by atoms with Crippen molar-refractivity contribution in [1.29, 1.82) is 0 Å². The lowest BCUT2D eigenvalue weighted by Crippen LogP contribution is -2.19. The number of carbonyl (C=O) groups is 2. The number of hydrogen-bond donors (Lipinski definition) is 2. The van der Waals surface area contributed by atoms with E-state index >= 15 is 0 Å². The molecule has 1 atom stereocenters. The lowest BCUT2D eigenvalue weighted by Gasteiger charge is -2.06. The number of aliphatic carboxylic acids is 1. The van der Waals surface area contributed by atoms with E-state index in [0.29, 0.717) is 5.57 Å². The van der Waals surface area contributed by atoms with Gasteiger partial charge in [0.15, 0.2) is 0 Å². The fourth-order valence-corrected chi connectivity index (χ4v) is 0.778. The molecule has 0 bridgehead atoms. The van der Waals surface area contributed by atoms with E-state index in [1.165, 1.54) is 6.92 Å². The summed E-state index contributed by atoms with van der Waals surface area (Å²) in [6.45, 7) is 3.20. The van der Waals surface area contributed by atoms with E-state index in [4.69, 9.17) is 10.8 Å². The summed E-state index contributed by atoms with van der Waals surface area (Å²) >= 11 is 0. The van der Waals surface area contributed by atoms with Gasteiger partial charge >= 0.3 is 5.97 Å². The van der Waals surface area contributed by atoms with Crippen LogP contribution in [0.3, 0.4) is 0 Å². The Morgan fingerprint density at radius 2 is 2.08 bits per heavy atom. The summed E-state index contributed by atoms with van der Waals surface area (Å²) < 4.78 is 0. The van der Waals surface area contributed by atoms with Crippen LogP contribution in [-0.2, 0) is 9.59 Å². The van der Waals surface area contributed by atoms with Crippen LogP contribution >= 0.6 is 0 Å². The molecular weight excluding hydrogens is 158 g/mol. The van der Waals surface area contributed by atoms with Crippen LogP contribution in [0, 0.1) is 5.92 Å². The van der Waals surface area contributed by atoms with Gasteiger partial charge in [-0.25, -0.2) is 0 Å². The van der Waals surface area contributed by atoms with Crippen molar-refractivity contribution in [3.63, 3.8) is 0 Å².